The van der Waals surface area contributed by atoms with E-state index < -0.39 is 0 Å². The van der Waals surface area contributed by atoms with Gasteiger partial charge >= 0.3 is 0 Å². The molecule has 0 radical (unpaired) electrons. The van der Waals surface area contributed by atoms with Crippen molar-refractivity contribution in [2.45, 2.75) is 27.7 Å². The lowest BCUT2D eigenvalue weighted by molar-refractivity contribution is -0.110. The summed E-state index contributed by atoms with van der Waals surface area (Å²) in [6.45, 7) is 11.5. The minimum absolute atomic E-state index is 0.0166. The van der Waals surface area contributed by atoms with Crippen molar-refractivity contribution in [1.29, 1.82) is 0 Å². The van der Waals surface area contributed by atoms with E-state index in [0.29, 0.717) is 17.7 Å². The van der Waals surface area contributed by atoms with E-state index in [2.05, 4.69) is 34.1 Å². The molecule has 0 spiro atoms. The van der Waals surface area contributed by atoms with Crippen LogP contribution in [0, 0.1) is 13.8 Å². The lowest BCUT2D eigenvalue weighted by Gasteiger charge is -2.23. The number of hydrogen-bond acceptors (Lipinski definition) is 4. The minimum Gasteiger partial charge on any atom is -0.358 e. The van der Waals surface area contributed by atoms with Crippen LogP contribution in [-0.2, 0) is 4.79 Å². The molecule has 40 heavy (non-hydrogen) atoms. The van der Waals surface area contributed by atoms with E-state index >= 15 is 0 Å². The van der Waals surface area contributed by atoms with Gasteiger partial charge in [0.25, 0.3) is 11.8 Å². The highest BCUT2D eigenvalue weighted by Crippen LogP contribution is 2.37. The van der Waals surface area contributed by atoms with E-state index in [1.165, 1.54) is 0 Å². The predicted molar refractivity (Wildman–Crippen MR) is 161 cm³/mol. The SMILES string of the molecule is CCN(CC)CCN(C)C(=O)c1c(C)[nH]c(C=C2C(=O)Nc3ccc(-c4cnn(-c5ccccc5)c4)cc32)c1C. The zero-order valence-corrected chi connectivity index (χ0v) is 23.8. The average Bonchev–Trinajstić information content (AvgIpc) is 3.65. The summed E-state index contributed by atoms with van der Waals surface area (Å²) >= 11 is 0. The maximum atomic E-state index is 13.4. The zero-order valence-electron chi connectivity index (χ0n) is 23.8. The molecule has 2 amide bonds. The highest BCUT2D eigenvalue weighted by molar-refractivity contribution is 6.35. The maximum absolute atomic E-state index is 13.4. The number of carbonyl (C=O) groups excluding carboxylic acids is 2. The topological polar surface area (TPSA) is 86.3 Å². The number of hydrogen-bond donors (Lipinski definition) is 2. The van der Waals surface area contributed by atoms with Crippen LogP contribution in [-0.4, -0.2) is 69.6 Å². The summed E-state index contributed by atoms with van der Waals surface area (Å²) in [4.78, 5) is 33.8. The largest absolute Gasteiger partial charge is 0.358 e. The molecule has 8 nitrogen and oxygen atoms in total. The van der Waals surface area contributed by atoms with E-state index in [0.717, 1.165) is 64.7 Å². The van der Waals surface area contributed by atoms with Crippen LogP contribution in [0.15, 0.2) is 60.9 Å². The summed E-state index contributed by atoms with van der Waals surface area (Å²) < 4.78 is 1.84. The maximum Gasteiger partial charge on any atom is 0.256 e. The van der Waals surface area contributed by atoms with Crippen molar-refractivity contribution in [3.8, 4) is 16.8 Å². The van der Waals surface area contributed by atoms with Gasteiger partial charge in [0.1, 0.15) is 0 Å². The van der Waals surface area contributed by atoms with E-state index in [9.17, 15) is 9.59 Å². The standard InChI is InChI=1S/C32H36N6O2/c1-6-37(7-2)16-15-36(5)32(40)30-21(3)29(34-22(30)4)18-27-26-17-23(13-14-28(26)35-31(27)39)24-19-33-38(20-24)25-11-9-8-10-12-25/h8-14,17-20,34H,6-7,15-16H2,1-5H3,(H,35,39). The molecule has 0 bridgehead atoms. The monoisotopic (exact) mass is 536 g/mol. The average molecular weight is 537 g/mol. The summed E-state index contributed by atoms with van der Waals surface area (Å²) in [5.74, 6) is -0.181. The number of aromatic nitrogens is 3. The lowest BCUT2D eigenvalue weighted by Crippen LogP contribution is -2.36. The third-order valence-corrected chi connectivity index (χ3v) is 7.71. The van der Waals surface area contributed by atoms with Crippen LogP contribution < -0.4 is 5.32 Å². The van der Waals surface area contributed by atoms with Gasteiger partial charge in [-0.3, -0.25) is 9.59 Å². The molecular weight excluding hydrogens is 500 g/mol. The molecule has 206 valence electrons. The van der Waals surface area contributed by atoms with Gasteiger partial charge in [-0.05, 0) is 68.4 Å². The normalized spacial score (nSPS) is 13.7. The first-order chi connectivity index (χ1) is 19.3. The number of anilines is 1. The first kappa shape index (κ1) is 27.1. The van der Waals surface area contributed by atoms with E-state index in [1.54, 1.807) is 4.90 Å². The Kier molecular flexibility index (Phi) is 7.71. The van der Waals surface area contributed by atoms with Crippen LogP contribution in [0.5, 0.6) is 0 Å². The number of aromatic amines is 1. The Hall–Kier alpha value is -4.43. The van der Waals surface area contributed by atoms with Crippen molar-refractivity contribution in [1.82, 2.24) is 24.6 Å². The van der Waals surface area contributed by atoms with Crippen molar-refractivity contribution >= 4 is 29.2 Å². The summed E-state index contributed by atoms with van der Waals surface area (Å²) in [6, 6.07) is 15.9. The Morgan fingerprint density at radius 3 is 2.50 bits per heavy atom. The Labute approximate surface area is 235 Å². The van der Waals surface area contributed by atoms with Crippen LogP contribution in [0.25, 0.3) is 28.5 Å². The molecule has 2 aromatic carbocycles. The third-order valence-electron chi connectivity index (χ3n) is 7.71. The molecule has 3 heterocycles. The van der Waals surface area contributed by atoms with Gasteiger partial charge in [-0.15, -0.1) is 0 Å². The molecule has 1 aliphatic rings. The van der Waals surface area contributed by atoms with Crippen molar-refractivity contribution < 1.29 is 9.59 Å². The van der Waals surface area contributed by atoms with E-state index in [4.69, 9.17) is 0 Å². The second-order valence-electron chi connectivity index (χ2n) is 10.2. The molecule has 2 aromatic heterocycles. The van der Waals surface area contributed by atoms with Gasteiger partial charge in [-0.2, -0.15) is 5.10 Å². The summed E-state index contributed by atoms with van der Waals surface area (Å²) in [5, 5.41) is 7.50. The Bertz CT molecular complexity index is 1580. The van der Waals surface area contributed by atoms with E-state index in [-0.39, 0.29) is 11.8 Å². The van der Waals surface area contributed by atoms with Gasteiger partial charge in [0.2, 0.25) is 0 Å². The number of nitrogens with zero attached hydrogens (tertiary/aromatic N) is 4. The molecule has 0 saturated heterocycles. The Morgan fingerprint density at radius 1 is 1.02 bits per heavy atom. The fourth-order valence-corrected chi connectivity index (χ4v) is 5.21. The number of likely N-dealkylation sites (N-methyl/N-ethyl adjacent to an activating group) is 2. The second-order valence-corrected chi connectivity index (χ2v) is 10.2. The van der Waals surface area contributed by atoms with Gasteiger partial charge in [0.05, 0.1) is 23.0 Å². The van der Waals surface area contributed by atoms with Crippen molar-refractivity contribution in [3.63, 3.8) is 0 Å². The smallest absolute Gasteiger partial charge is 0.256 e. The number of aryl methyl sites for hydroxylation is 1. The molecular formula is C32H36N6O2. The number of para-hydroxylation sites is 1. The van der Waals surface area contributed by atoms with Gasteiger partial charge < -0.3 is 20.1 Å². The van der Waals surface area contributed by atoms with Gasteiger partial charge in [0, 0.05) is 54.5 Å². The van der Waals surface area contributed by atoms with Crippen LogP contribution in [0.2, 0.25) is 0 Å². The van der Waals surface area contributed by atoms with E-state index in [1.807, 2.05) is 92.6 Å². The summed E-state index contributed by atoms with van der Waals surface area (Å²) in [7, 11) is 1.85. The number of fused-ring (bicyclic) bond motifs is 1. The minimum atomic E-state index is -0.164. The number of rotatable bonds is 9. The molecule has 0 aliphatic carbocycles. The first-order valence-corrected chi connectivity index (χ1v) is 13.8. The fraction of sp³-hybridized carbons (Fsp3) is 0.281. The fourth-order valence-electron chi connectivity index (χ4n) is 5.21. The molecule has 0 unspecified atom stereocenters. The highest BCUT2D eigenvalue weighted by atomic mass is 16.2. The summed E-state index contributed by atoms with van der Waals surface area (Å²) in [6.07, 6.45) is 5.67. The molecule has 5 rings (SSSR count). The van der Waals surface area contributed by atoms with Crippen molar-refractivity contribution in [2.75, 3.05) is 38.5 Å². The molecule has 2 N–H and O–H groups in total. The lowest BCUT2D eigenvalue weighted by atomic mass is 9.99. The van der Waals surface area contributed by atoms with Crippen LogP contribution in [0.4, 0.5) is 5.69 Å². The number of H-pyrrole nitrogens is 1. The molecule has 4 aromatic rings. The van der Waals surface area contributed by atoms with Gasteiger partial charge in [0.15, 0.2) is 0 Å². The van der Waals surface area contributed by atoms with Gasteiger partial charge in [-0.25, -0.2) is 4.68 Å². The predicted octanol–water partition coefficient (Wildman–Crippen LogP) is 5.39. The van der Waals surface area contributed by atoms with Crippen LogP contribution in [0.1, 0.15) is 46.7 Å². The molecule has 0 atom stereocenters. The molecule has 1 aliphatic heterocycles. The number of nitrogens with one attached hydrogen (secondary N) is 2. The van der Waals surface area contributed by atoms with Crippen LogP contribution in [0.3, 0.4) is 0 Å². The molecule has 0 saturated carbocycles. The first-order valence-electron chi connectivity index (χ1n) is 13.8. The quantitative estimate of drug-likeness (QED) is 0.281. The highest BCUT2D eigenvalue weighted by Gasteiger charge is 2.27. The Balaban J connectivity index is 1.43. The number of benzene rings is 2. The molecule has 8 heteroatoms. The third kappa shape index (κ3) is 5.22. The number of carbonyl (C=O) groups is 2. The van der Waals surface area contributed by atoms with Crippen molar-refractivity contribution in [3.05, 3.63) is 89.0 Å². The van der Waals surface area contributed by atoms with Crippen molar-refractivity contribution in [2.24, 2.45) is 0 Å². The zero-order chi connectivity index (χ0) is 28.4. The summed E-state index contributed by atoms with van der Waals surface area (Å²) in [5.41, 5.74) is 8.12. The van der Waals surface area contributed by atoms with Gasteiger partial charge in [-0.1, -0.05) is 38.1 Å². The Morgan fingerprint density at radius 2 is 1.77 bits per heavy atom. The second kappa shape index (κ2) is 11.4. The molecule has 0 fully saturated rings. The number of amides is 2. The van der Waals surface area contributed by atoms with Crippen LogP contribution >= 0.6 is 0 Å².